The first-order chi connectivity index (χ1) is 9.13. The number of rotatable bonds is 4. The second-order valence-corrected chi connectivity index (χ2v) is 5.64. The molecule has 0 radical (unpaired) electrons. The lowest BCUT2D eigenvalue weighted by atomic mass is 10.2. The summed E-state index contributed by atoms with van der Waals surface area (Å²) in [6.07, 6.45) is 2.17. The zero-order valence-electron chi connectivity index (χ0n) is 10.9. The lowest BCUT2D eigenvalue weighted by Crippen LogP contribution is -2.27. The van der Waals surface area contributed by atoms with Crippen LogP contribution in [0.5, 0.6) is 0 Å². The minimum absolute atomic E-state index is 0.0819. The third kappa shape index (κ3) is 3.15. The second kappa shape index (κ2) is 6.19. The summed E-state index contributed by atoms with van der Waals surface area (Å²) in [4.78, 5) is 25.3. The highest BCUT2D eigenvalue weighted by Gasteiger charge is 2.24. The number of hydrogen-bond donors (Lipinski definition) is 1. The van der Waals surface area contributed by atoms with Gasteiger partial charge in [0.2, 0.25) is 11.8 Å². The Morgan fingerprint density at radius 3 is 2.84 bits per heavy atom. The van der Waals surface area contributed by atoms with E-state index >= 15 is 0 Å². The van der Waals surface area contributed by atoms with Crippen molar-refractivity contribution in [1.29, 1.82) is 0 Å². The Balaban J connectivity index is 2.21. The molecule has 4 nitrogen and oxygen atoms in total. The van der Waals surface area contributed by atoms with Gasteiger partial charge < -0.3 is 10.2 Å². The maximum absolute atomic E-state index is 11.9. The first kappa shape index (κ1) is 14.1. The maximum atomic E-state index is 11.9. The van der Waals surface area contributed by atoms with Crippen molar-refractivity contribution in [2.24, 2.45) is 0 Å². The van der Waals surface area contributed by atoms with Crippen LogP contribution in [0.4, 0.5) is 11.4 Å². The molecule has 0 aromatic heterocycles. The minimum atomic E-state index is -0.213. The summed E-state index contributed by atoms with van der Waals surface area (Å²) in [6, 6.07) is 7.43. The number of para-hydroxylation sites is 2. The largest absolute Gasteiger partial charge is 0.323 e. The van der Waals surface area contributed by atoms with Crippen LogP contribution in [0.2, 0.25) is 0 Å². The van der Waals surface area contributed by atoms with E-state index in [0.717, 1.165) is 25.1 Å². The van der Waals surface area contributed by atoms with Gasteiger partial charge in [0, 0.05) is 13.0 Å². The van der Waals surface area contributed by atoms with Gasteiger partial charge in [-0.3, -0.25) is 9.59 Å². The summed E-state index contributed by atoms with van der Waals surface area (Å²) in [7, 11) is 0. The van der Waals surface area contributed by atoms with Gasteiger partial charge in [0.15, 0.2) is 0 Å². The lowest BCUT2D eigenvalue weighted by Gasteiger charge is -2.20. The van der Waals surface area contributed by atoms with Gasteiger partial charge in [-0.1, -0.05) is 35.0 Å². The highest BCUT2D eigenvalue weighted by molar-refractivity contribution is 9.10. The molecule has 1 atom stereocenters. The number of hydrogen-bond acceptors (Lipinski definition) is 2. The molecule has 1 aromatic rings. The van der Waals surface area contributed by atoms with E-state index in [9.17, 15) is 9.59 Å². The summed E-state index contributed by atoms with van der Waals surface area (Å²) in [5, 5.41) is 2.88. The highest BCUT2D eigenvalue weighted by Crippen LogP contribution is 2.29. The molecule has 1 aliphatic rings. The lowest BCUT2D eigenvalue weighted by molar-refractivity contribution is -0.117. The Kier molecular flexibility index (Phi) is 4.58. The molecule has 2 rings (SSSR count). The molecular formula is C14H17BrN2O2. The molecule has 1 unspecified atom stereocenters. The zero-order chi connectivity index (χ0) is 13.8. The molecule has 1 aromatic carbocycles. The van der Waals surface area contributed by atoms with E-state index in [1.165, 1.54) is 0 Å². The summed E-state index contributed by atoms with van der Waals surface area (Å²) in [5.41, 5.74) is 1.48. The molecule has 5 heteroatoms. The number of nitrogens with one attached hydrogen (secondary N) is 1. The van der Waals surface area contributed by atoms with Crippen molar-refractivity contribution >= 4 is 39.1 Å². The summed E-state index contributed by atoms with van der Waals surface area (Å²) >= 11 is 3.33. The van der Waals surface area contributed by atoms with Crippen molar-refractivity contribution < 1.29 is 9.59 Å². The van der Waals surface area contributed by atoms with Gasteiger partial charge in [0.25, 0.3) is 0 Å². The first-order valence-electron chi connectivity index (χ1n) is 6.47. The zero-order valence-corrected chi connectivity index (χ0v) is 12.4. The number of alkyl halides is 1. The Morgan fingerprint density at radius 1 is 1.47 bits per heavy atom. The van der Waals surface area contributed by atoms with Gasteiger partial charge >= 0.3 is 0 Å². The van der Waals surface area contributed by atoms with E-state index in [1.54, 1.807) is 4.90 Å². The van der Waals surface area contributed by atoms with Crippen LogP contribution in [0.3, 0.4) is 0 Å². The molecule has 1 heterocycles. The fourth-order valence-corrected chi connectivity index (χ4v) is 2.23. The molecule has 1 saturated heterocycles. The minimum Gasteiger partial charge on any atom is -0.323 e. The van der Waals surface area contributed by atoms with Crippen LogP contribution in [0, 0.1) is 0 Å². The van der Waals surface area contributed by atoms with Gasteiger partial charge in [0.1, 0.15) is 0 Å². The van der Waals surface area contributed by atoms with Crippen LogP contribution in [0.25, 0.3) is 0 Å². The van der Waals surface area contributed by atoms with Crippen LogP contribution in [-0.4, -0.2) is 23.2 Å². The monoisotopic (exact) mass is 324 g/mol. The van der Waals surface area contributed by atoms with Crippen molar-refractivity contribution in [3.05, 3.63) is 24.3 Å². The van der Waals surface area contributed by atoms with Crippen LogP contribution >= 0.6 is 15.9 Å². The number of carbonyl (C=O) groups is 2. The molecule has 102 valence electrons. The average Bonchev–Trinajstić information content (AvgIpc) is 2.84. The van der Waals surface area contributed by atoms with Crippen molar-refractivity contribution in [1.82, 2.24) is 0 Å². The number of halogens is 1. The average molecular weight is 325 g/mol. The standard InChI is InChI=1S/C14H17BrN2O2/c1-2-10(15)14(19)16-11-6-3-4-7-12(11)17-9-5-8-13(17)18/h3-4,6-7,10H,2,5,8-9H2,1H3,(H,16,19). The Labute approximate surface area is 121 Å². The van der Waals surface area contributed by atoms with Crippen molar-refractivity contribution in [2.75, 3.05) is 16.8 Å². The smallest absolute Gasteiger partial charge is 0.238 e. The van der Waals surface area contributed by atoms with Gasteiger partial charge in [-0.05, 0) is 25.0 Å². The fourth-order valence-electron chi connectivity index (χ4n) is 2.11. The Morgan fingerprint density at radius 2 is 2.21 bits per heavy atom. The SMILES string of the molecule is CCC(Br)C(=O)Nc1ccccc1N1CCCC1=O. The van der Waals surface area contributed by atoms with Crippen LogP contribution < -0.4 is 10.2 Å². The molecule has 0 saturated carbocycles. The van der Waals surface area contributed by atoms with Gasteiger partial charge in [-0.2, -0.15) is 0 Å². The summed E-state index contributed by atoms with van der Waals surface area (Å²) < 4.78 is 0. The van der Waals surface area contributed by atoms with E-state index in [1.807, 2.05) is 31.2 Å². The molecule has 1 fully saturated rings. The summed E-state index contributed by atoms with van der Waals surface area (Å²) in [6.45, 7) is 2.66. The highest BCUT2D eigenvalue weighted by atomic mass is 79.9. The number of anilines is 2. The molecule has 2 amide bonds. The number of amides is 2. The van der Waals surface area contributed by atoms with Gasteiger partial charge in [0.05, 0.1) is 16.2 Å². The normalized spacial score (nSPS) is 16.5. The molecule has 19 heavy (non-hydrogen) atoms. The quantitative estimate of drug-likeness (QED) is 0.866. The number of benzene rings is 1. The molecule has 0 aliphatic carbocycles. The number of carbonyl (C=O) groups excluding carboxylic acids is 2. The Bertz CT molecular complexity index is 490. The van der Waals surface area contributed by atoms with Crippen LogP contribution in [-0.2, 0) is 9.59 Å². The van der Waals surface area contributed by atoms with Crippen LogP contribution in [0.15, 0.2) is 24.3 Å². The van der Waals surface area contributed by atoms with Crippen molar-refractivity contribution in [3.8, 4) is 0 Å². The van der Waals surface area contributed by atoms with Crippen molar-refractivity contribution in [2.45, 2.75) is 31.0 Å². The van der Waals surface area contributed by atoms with E-state index in [2.05, 4.69) is 21.2 Å². The number of nitrogens with zero attached hydrogens (tertiary/aromatic N) is 1. The molecule has 1 N–H and O–H groups in total. The fraction of sp³-hybridized carbons (Fsp3) is 0.429. The predicted molar refractivity (Wildman–Crippen MR) is 79.7 cm³/mol. The topological polar surface area (TPSA) is 49.4 Å². The van der Waals surface area contributed by atoms with E-state index in [0.29, 0.717) is 12.1 Å². The molecule has 0 spiro atoms. The van der Waals surface area contributed by atoms with Gasteiger partial charge in [-0.15, -0.1) is 0 Å². The van der Waals surface area contributed by atoms with Crippen molar-refractivity contribution in [3.63, 3.8) is 0 Å². The first-order valence-corrected chi connectivity index (χ1v) is 7.39. The molecular weight excluding hydrogens is 308 g/mol. The van der Waals surface area contributed by atoms with E-state index in [4.69, 9.17) is 0 Å². The van der Waals surface area contributed by atoms with Crippen LogP contribution in [0.1, 0.15) is 26.2 Å². The van der Waals surface area contributed by atoms with E-state index < -0.39 is 0 Å². The molecule has 0 bridgehead atoms. The second-order valence-electron chi connectivity index (χ2n) is 4.53. The molecule has 1 aliphatic heterocycles. The van der Waals surface area contributed by atoms with Gasteiger partial charge in [-0.25, -0.2) is 0 Å². The predicted octanol–water partition coefficient (Wildman–Crippen LogP) is 2.93. The summed E-state index contributed by atoms with van der Waals surface area (Å²) in [5.74, 6) is 0.0363. The van der Waals surface area contributed by atoms with E-state index in [-0.39, 0.29) is 16.6 Å². The third-order valence-corrected chi connectivity index (χ3v) is 4.23. The third-order valence-electron chi connectivity index (χ3n) is 3.17. The maximum Gasteiger partial charge on any atom is 0.238 e. The Hall–Kier alpha value is -1.36.